The minimum absolute atomic E-state index is 0.557. The molecule has 2 fully saturated rings. The number of rotatable bonds is 5. The third-order valence-corrected chi connectivity index (χ3v) is 4.81. The van der Waals surface area contributed by atoms with Crippen molar-refractivity contribution in [3.05, 3.63) is 35.9 Å². The van der Waals surface area contributed by atoms with Gasteiger partial charge in [-0.05, 0) is 42.6 Å². The van der Waals surface area contributed by atoms with Gasteiger partial charge in [0.2, 0.25) is 0 Å². The SMILES string of the molecule is CC1(CNC(c2ccccc2)C2CC2)CCCC1. The fourth-order valence-electron chi connectivity index (χ4n) is 3.41. The van der Waals surface area contributed by atoms with Gasteiger partial charge in [0.15, 0.2) is 0 Å². The molecule has 1 aromatic rings. The molecule has 98 valence electrons. The average molecular weight is 243 g/mol. The van der Waals surface area contributed by atoms with Crippen LogP contribution in [0.2, 0.25) is 0 Å². The second-order valence-corrected chi connectivity index (χ2v) is 6.62. The summed E-state index contributed by atoms with van der Waals surface area (Å²) < 4.78 is 0. The van der Waals surface area contributed by atoms with Gasteiger partial charge in [0.1, 0.15) is 0 Å². The Hall–Kier alpha value is -0.820. The summed E-state index contributed by atoms with van der Waals surface area (Å²) in [5, 5.41) is 3.88. The van der Waals surface area contributed by atoms with Gasteiger partial charge in [-0.1, -0.05) is 50.1 Å². The minimum atomic E-state index is 0.557. The van der Waals surface area contributed by atoms with Crippen molar-refractivity contribution in [3.63, 3.8) is 0 Å². The standard InChI is InChI=1S/C17H25N/c1-17(11-5-6-12-17)13-18-16(15-9-10-15)14-7-3-2-4-8-14/h2-4,7-8,15-16,18H,5-6,9-13H2,1H3. The molecule has 0 saturated heterocycles. The molecule has 0 radical (unpaired) electrons. The zero-order chi connectivity index (χ0) is 12.4. The Morgan fingerprint density at radius 1 is 1.17 bits per heavy atom. The summed E-state index contributed by atoms with van der Waals surface area (Å²) in [7, 11) is 0. The van der Waals surface area contributed by atoms with Gasteiger partial charge in [0.05, 0.1) is 0 Å². The molecule has 0 aromatic heterocycles. The largest absolute Gasteiger partial charge is 0.309 e. The topological polar surface area (TPSA) is 12.0 Å². The molecule has 1 N–H and O–H groups in total. The lowest BCUT2D eigenvalue weighted by Gasteiger charge is -2.28. The summed E-state index contributed by atoms with van der Waals surface area (Å²) in [6, 6.07) is 11.6. The molecule has 0 aliphatic heterocycles. The highest BCUT2D eigenvalue weighted by molar-refractivity contribution is 5.21. The van der Waals surface area contributed by atoms with Crippen molar-refractivity contribution in [2.24, 2.45) is 11.3 Å². The predicted molar refractivity (Wildman–Crippen MR) is 76.5 cm³/mol. The van der Waals surface area contributed by atoms with Crippen molar-refractivity contribution in [2.75, 3.05) is 6.54 Å². The Morgan fingerprint density at radius 3 is 2.44 bits per heavy atom. The van der Waals surface area contributed by atoms with E-state index in [-0.39, 0.29) is 0 Å². The van der Waals surface area contributed by atoms with Crippen LogP contribution in [-0.2, 0) is 0 Å². The van der Waals surface area contributed by atoms with Gasteiger partial charge in [-0.15, -0.1) is 0 Å². The lowest BCUT2D eigenvalue weighted by Crippen LogP contribution is -2.33. The molecular weight excluding hydrogens is 218 g/mol. The maximum Gasteiger partial charge on any atom is 0.0348 e. The van der Waals surface area contributed by atoms with E-state index in [1.807, 2.05) is 0 Å². The Bertz CT molecular complexity index is 374. The second-order valence-electron chi connectivity index (χ2n) is 6.62. The molecule has 0 heterocycles. The Kier molecular flexibility index (Phi) is 3.43. The first-order valence-corrected chi connectivity index (χ1v) is 7.55. The van der Waals surface area contributed by atoms with Crippen LogP contribution in [0.25, 0.3) is 0 Å². The Morgan fingerprint density at radius 2 is 1.83 bits per heavy atom. The van der Waals surface area contributed by atoms with Gasteiger partial charge >= 0.3 is 0 Å². The molecule has 1 nitrogen and oxygen atoms in total. The van der Waals surface area contributed by atoms with Crippen LogP contribution in [0.4, 0.5) is 0 Å². The molecule has 3 rings (SSSR count). The summed E-state index contributed by atoms with van der Waals surface area (Å²) in [5.41, 5.74) is 2.05. The molecule has 1 atom stereocenters. The van der Waals surface area contributed by atoms with Crippen molar-refractivity contribution >= 4 is 0 Å². The lowest BCUT2D eigenvalue weighted by molar-refractivity contribution is 0.289. The van der Waals surface area contributed by atoms with Crippen LogP contribution in [0.3, 0.4) is 0 Å². The molecular formula is C17H25N. The van der Waals surface area contributed by atoms with Gasteiger partial charge in [-0.2, -0.15) is 0 Å². The van der Waals surface area contributed by atoms with Crippen molar-refractivity contribution in [1.82, 2.24) is 5.32 Å². The quantitative estimate of drug-likeness (QED) is 0.812. The zero-order valence-corrected chi connectivity index (χ0v) is 11.5. The van der Waals surface area contributed by atoms with E-state index >= 15 is 0 Å². The van der Waals surface area contributed by atoms with E-state index in [4.69, 9.17) is 0 Å². The first-order chi connectivity index (χ1) is 8.77. The molecule has 0 bridgehead atoms. The van der Waals surface area contributed by atoms with Crippen LogP contribution < -0.4 is 5.32 Å². The number of hydrogen-bond donors (Lipinski definition) is 1. The van der Waals surface area contributed by atoms with E-state index in [1.54, 1.807) is 0 Å². The molecule has 1 aromatic carbocycles. The molecule has 2 aliphatic rings. The predicted octanol–water partition coefficient (Wildman–Crippen LogP) is 4.31. The first-order valence-electron chi connectivity index (χ1n) is 7.55. The van der Waals surface area contributed by atoms with E-state index in [2.05, 4.69) is 42.6 Å². The van der Waals surface area contributed by atoms with Crippen LogP contribution >= 0.6 is 0 Å². The average Bonchev–Trinajstić information content (AvgIpc) is 3.13. The molecule has 1 heteroatoms. The summed E-state index contributed by atoms with van der Waals surface area (Å²) >= 11 is 0. The Balaban J connectivity index is 1.64. The first kappa shape index (κ1) is 12.2. The van der Waals surface area contributed by atoms with Crippen molar-refractivity contribution < 1.29 is 0 Å². The summed E-state index contributed by atoms with van der Waals surface area (Å²) in [6.45, 7) is 3.66. The molecule has 0 spiro atoms. The summed E-state index contributed by atoms with van der Waals surface area (Å²) in [6.07, 6.45) is 8.49. The van der Waals surface area contributed by atoms with E-state index in [9.17, 15) is 0 Å². The second kappa shape index (κ2) is 5.05. The molecule has 1 unspecified atom stereocenters. The van der Waals surface area contributed by atoms with Gasteiger partial charge in [0, 0.05) is 12.6 Å². The molecule has 2 aliphatic carbocycles. The maximum absolute atomic E-state index is 3.88. The van der Waals surface area contributed by atoms with Gasteiger partial charge in [0.25, 0.3) is 0 Å². The van der Waals surface area contributed by atoms with Gasteiger partial charge < -0.3 is 5.32 Å². The van der Waals surface area contributed by atoms with Crippen LogP contribution in [-0.4, -0.2) is 6.54 Å². The summed E-state index contributed by atoms with van der Waals surface area (Å²) in [5.74, 6) is 0.886. The normalized spacial score (nSPS) is 24.1. The number of benzene rings is 1. The molecule has 2 saturated carbocycles. The number of nitrogens with one attached hydrogen (secondary N) is 1. The van der Waals surface area contributed by atoms with E-state index in [0.717, 1.165) is 5.92 Å². The van der Waals surface area contributed by atoms with Crippen LogP contribution in [0.5, 0.6) is 0 Å². The highest BCUT2D eigenvalue weighted by Crippen LogP contribution is 2.42. The van der Waals surface area contributed by atoms with Crippen molar-refractivity contribution in [2.45, 2.75) is 51.5 Å². The van der Waals surface area contributed by atoms with Gasteiger partial charge in [-0.25, -0.2) is 0 Å². The van der Waals surface area contributed by atoms with Crippen molar-refractivity contribution in [3.8, 4) is 0 Å². The van der Waals surface area contributed by atoms with Crippen LogP contribution in [0, 0.1) is 11.3 Å². The third kappa shape index (κ3) is 2.77. The van der Waals surface area contributed by atoms with E-state index in [1.165, 1.54) is 50.6 Å². The maximum atomic E-state index is 3.88. The highest BCUT2D eigenvalue weighted by Gasteiger charge is 2.35. The van der Waals surface area contributed by atoms with Crippen LogP contribution in [0.15, 0.2) is 30.3 Å². The smallest absolute Gasteiger partial charge is 0.0348 e. The van der Waals surface area contributed by atoms with Crippen LogP contribution in [0.1, 0.15) is 57.1 Å². The molecule has 0 amide bonds. The molecule has 18 heavy (non-hydrogen) atoms. The summed E-state index contributed by atoms with van der Waals surface area (Å²) in [4.78, 5) is 0. The number of hydrogen-bond acceptors (Lipinski definition) is 1. The van der Waals surface area contributed by atoms with E-state index < -0.39 is 0 Å². The van der Waals surface area contributed by atoms with Crippen molar-refractivity contribution in [1.29, 1.82) is 0 Å². The fourth-order valence-corrected chi connectivity index (χ4v) is 3.41. The Labute approximate surface area is 111 Å². The fraction of sp³-hybridized carbons (Fsp3) is 0.647. The third-order valence-electron chi connectivity index (χ3n) is 4.81. The monoisotopic (exact) mass is 243 g/mol. The minimum Gasteiger partial charge on any atom is -0.309 e. The zero-order valence-electron chi connectivity index (χ0n) is 11.5. The van der Waals surface area contributed by atoms with E-state index in [0.29, 0.717) is 11.5 Å². The lowest BCUT2D eigenvalue weighted by atomic mass is 9.88. The van der Waals surface area contributed by atoms with Gasteiger partial charge in [-0.3, -0.25) is 0 Å². The highest BCUT2D eigenvalue weighted by atomic mass is 14.9.